The zero-order chi connectivity index (χ0) is 15.9. The highest BCUT2D eigenvalue weighted by Gasteiger charge is 2.27. The Kier molecular flexibility index (Phi) is 3.38. The molecular weight excluding hydrogens is 276 g/mol. The molecule has 0 aliphatic carbocycles. The number of aryl methyl sites for hydroxylation is 1. The van der Waals surface area contributed by atoms with Crippen LogP contribution in [0.2, 0.25) is 0 Å². The summed E-state index contributed by atoms with van der Waals surface area (Å²) in [5, 5.41) is 11.8. The summed E-state index contributed by atoms with van der Waals surface area (Å²) < 4.78 is 5.47. The lowest BCUT2D eigenvalue weighted by atomic mass is 9.91. The number of hydrogen-bond acceptors (Lipinski definition) is 3. The number of rotatable bonds is 2. The van der Waals surface area contributed by atoms with Crippen LogP contribution < -0.4 is 5.63 Å². The summed E-state index contributed by atoms with van der Waals surface area (Å²) in [5.74, 6) is 0.293. The molecule has 0 unspecified atom stereocenters. The number of benzene rings is 2. The van der Waals surface area contributed by atoms with Gasteiger partial charge in [-0.15, -0.1) is 0 Å². The summed E-state index contributed by atoms with van der Waals surface area (Å²) in [5.41, 5.74) is 1.07. The van der Waals surface area contributed by atoms with Crippen molar-refractivity contribution < 1.29 is 9.52 Å². The summed E-state index contributed by atoms with van der Waals surface area (Å²) in [6, 6.07) is 15.3. The van der Waals surface area contributed by atoms with Gasteiger partial charge in [-0.05, 0) is 32.4 Å². The van der Waals surface area contributed by atoms with Crippen molar-refractivity contribution in [3.63, 3.8) is 0 Å². The molecule has 0 saturated carbocycles. The first-order chi connectivity index (χ1) is 10.4. The van der Waals surface area contributed by atoms with E-state index in [1.165, 1.54) is 0 Å². The van der Waals surface area contributed by atoms with Gasteiger partial charge >= 0.3 is 5.63 Å². The van der Waals surface area contributed by atoms with E-state index in [4.69, 9.17) is 4.42 Å². The molecule has 0 aliphatic rings. The fraction of sp³-hybridized carbons (Fsp3) is 0.211. The van der Waals surface area contributed by atoms with Gasteiger partial charge in [0.2, 0.25) is 0 Å². The number of aliphatic hydroxyl groups is 1. The molecule has 1 N–H and O–H groups in total. The normalized spacial score (nSPS) is 11.8. The average molecular weight is 294 g/mol. The van der Waals surface area contributed by atoms with E-state index in [-0.39, 0.29) is 0 Å². The van der Waals surface area contributed by atoms with Crippen molar-refractivity contribution in [3.8, 4) is 11.1 Å². The topological polar surface area (TPSA) is 50.4 Å². The van der Waals surface area contributed by atoms with E-state index in [1.54, 1.807) is 19.9 Å². The SMILES string of the molecule is Cc1ccc2c(=O)oc(C(C)(C)O)c(-c3ccccc3)c2c1. The lowest BCUT2D eigenvalue weighted by Crippen LogP contribution is -2.20. The number of fused-ring (bicyclic) bond motifs is 1. The van der Waals surface area contributed by atoms with Gasteiger partial charge in [0.1, 0.15) is 11.4 Å². The molecule has 0 radical (unpaired) electrons. The maximum atomic E-state index is 12.3. The van der Waals surface area contributed by atoms with Crippen LogP contribution in [-0.4, -0.2) is 5.11 Å². The molecule has 3 nitrogen and oxygen atoms in total. The predicted molar refractivity (Wildman–Crippen MR) is 87.9 cm³/mol. The maximum Gasteiger partial charge on any atom is 0.343 e. The molecule has 0 bridgehead atoms. The lowest BCUT2D eigenvalue weighted by Gasteiger charge is -2.21. The van der Waals surface area contributed by atoms with E-state index < -0.39 is 11.2 Å². The van der Waals surface area contributed by atoms with Gasteiger partial charge in [-0.1, -0.05) is 48.0 Å². The first kappa shape index (κ1) is 14.5. The monoisotopic (exact) mass is 294 g/mol. The Balaban J connectivity index is 2.52. The van der Waals surface area contributed by atoms with Gasteiger partial charge in [0.05, 0.1) is 5.39 Å². The van der Waals surface area contributed by atoms with Crippen LogP contribution in [0.25, 0.3) is 21.9 Å². The van der Waals surface area contributed by atoms with Crippen molar-refractivity contribution in [1.82, 2.24) is 0 Å². The molecular formula is C19H18O3. The smallest absolute Gasteiger partial charge is 0.343 e. The van der Waals surface area contributed by atoms with Crippen LogP contribution in [-0.2, 0) is 5.60 Å². The van der Waals surface area contributed by atoms with Gasteiger partial charge in [-0.2, -0.15) is 0 Å². The van der Waals surface area contributed by atoms with Crippen molar-refractivity contribution in [2.75, 3.05) is 0 Å². The third kappa shape index (κ3) is 2.44. The molecule has 0 spiro atoms. The predicted octanol–water partition coefficient (Wildman–Crippen LogP) is 4.00. The molecule has 2 aromatic carbocycles. The lowest BCUT2D eigenvalue weighted by molar-refractivity contribution is 0.0521. The summed E-state index contributed by atoms with van der Waals surface area (Å²) in [4.78, 5) is 12.3. The van der Waals surface area contributed by atoms with Crippen LogP contribution in [0.1, 0.15) is 25.2 Å². The van der Waals surface area contributed by atoms with E-state index in [1.807, 2.05) is 49.4 Å². The molecule has 0 fully saturated rings. The molecule has 0 atom stereocenters. The van der Waals surface area contributed by atoms with Crippen LogP contribution >= 0.6 is 0 Å². The third-order valence-electron chi connectivity index (χ3n) is 3.70. The van der Waals surface area contributed by atoms with Gasteiger partial charge in [0, 0.05) is 10.9 Å². The average Bonchev–Trinajstić information content (AvgIpc) is 2.46. The molecule has 0 aliphatic heterocycles. The molecule has 0 saturated heterocycles. The van der Waals surface area contributed by atoms with Gasteiger partial charge < -0.3 is 9.52 Å². The second kappa shape index (κ2) is 5.11. The Labute approximate surface area is 128 Å². The van der Waals surface area contributed by atoms with Crippen molar-refractivity contribution in [2.24, 2.45) is 0 Å². The Morgan fingerprint density at radius 3 is 2.32 bits per heavy atom. The molecule has 112 valence electrons. The van der Waals surface area contributed by atoms with Gasteiger partial charge in [0.15, 0.2) is 0 Å². The van der Waals surface area contributed by atoms with Crippen molar-refractivity contribution in [1.29, 1.82) is 0 Å². The third-order valence-corrected chi connectivity index (χ3v) is 3.70. The standard InChI is InChI=1S/C19H18O3/c1-12-9-10-14-15(11-12)16(13-7-5-4-6-8-13)17(19(2,3)21)22-18(14)20/h4-11,21H,1-3H3. The summed E-state index contributed by atoms with van der Waals surface area (Å²) in [6.07, 6.45) is 0. The van der Waals surface area contributed by atoms with Gasteiger partial charge in [-0.25, -0.2) is 4.79 Å². The van der Waals surface area contributed by atoms with Crippen LogP contribution in [0.3, 0.4) is 0 Å². The largest absolute Gasteiger partial charge is 0.424 e. The fourth-order valence-corrected chi connectivity index (χ4v) is 2.69. The van der Waals surface area contributed by atoms with Gasteiger partial charge in [0.25, 0.3) is 0 Å². The van der Waals surface area contributed by atoms with E-state index >= 15 is 0 Å². The van der Waals surface area contributed by atoms with E-state index in [0.717, 1.165) is 22.1 Å². The van der Waals surface area contributed by atoms with E-state index in [2.05, 4.69) is 0 Å². The Morgan fingerprint density at radius 1 is 1.00 bits per heavy atom. The number of hydrogen-bond donors (Lipinski definition) is 1. The second-order valence-electron chi connectivity index (χ2n) is 6.07. The molecule has 1 aromatic heterocycles. The minimum atomic E-state index is -1.25. The molecule has 1 heterocycles. The Hall–Kier alpha value is -2.39. The van der Waals surface area contributed by atoms with Gasteiger partial charge in [-0.3, -0.25) is 0 Å². The quantitative estimate of drug-likeness (QED) is 0.777. The highest BCUT2D eigenvalue weighted by molar-refractivity contribution is 5.97. The fourth-order valence-electron chi connectivity index (χ4n) is 2.69. The van der Waals surface area contributed by atoms with Crippen LogP contribution in [0, 0.1) is 6.92 Å². The van der Waals surface area contributed by atoms with Crippen LogP contribution in [0.5, 0.6) is 0 Å². The molecule has 22 heavy (non-hydrogen) atoms. The van der Waals surface area contributed by atoms with Crippen LogP contribution in [0.15, 0.2) is 57.7 Å². The highest BCUT2D eigenvalue weighted by Crippen LogP contribution is 2.36. The molecule has 3 aromatic rings. The van der Waals surface area contributed by atoms with Crippen molar-refractivity contribution in [3.05, 3.63) is 70.3 Å². The Morgan fingerprint density at radius 2 is 1.68 bits per heavy atom. The maximum absolute atomic E-state index is 12.3. The van der Waals surface area contributed by atoms with Crippen molar-refractivity contribution in [2.45, 2.75) is 26.4 Å². The summed E-state index contributed by atoms with van der Waals surface area (Å²) in [6.45, 7) is 5.23. The Bertz CT molecular complexity index is 884. The molecule has 3 heteroatoms. The zero-order valence-electron chi connectivity index (χ0n) is 12.9. The highest BCUT2D eigenvalue weighted by atomic mass is 16.4. The minimum absolute atomic E-state index is 0.293. The van der Waals surface area contributed by atoms with Crippen LogP contribution in [0.4, 0.5) is 0 Å². The summed E-state index contributed by atoms with van der Waals surface area (Å²) in [7, 11) is 0. The van der Waals surface area contributed by atoms with Crippen molar-refractivity contribution >= 4 is 10.8 Å². The molecule has 3 rings (SSSR count). The summed E-state index contributed by atoms with van der Waals surface area (Å²) >= 11 is 0. The minimum Gasteiger partial charge on any atom is -0.424 e. The second-order valence-corrected chi connectivity index (χ2v) is 6.07. The molecule has 0 amide bonds. The first-order valence-corrected chi connectivity index (χ1v) is 7.23. The van der Waals surface area contributed by atoms with E-state index in [0.29, 0.717) is 11.1 Å². The van der Waals surface area contributed by atoms with E-state index in [9.17, 15) is 9.90 Å². The zero-order valence-corrected chi connectivity index (χ0v) is 12.9. The first-order valence-electron chi connectivity index (χ1n) is 7.23.